The van der Waals surface area contributed by atoms with Crippen LogP contribution < -0.4 is 19.5 Å². The van der Waals surface area contributed by atoms with Gasteiger partial charge >= 0.3 is 6.01 Å². The average Bonchev–Trinajstić information content (AvgIpc) is 3.04. The van der Waals surface area contributed by atoms with Crippen molar-refractivity contribution in [3.05, 3.63) is 30.2 Å². The molecule has 1 aromatic heterocycles. The van der Waals surface area contributed by atoms with Gasteiger partial charge in [-0.2, -0.15) is 4.98 Å². The number of methoxy groups -OCH3 is 1. The number of β-amino-alcohol motifs (C(OH)–C–C–N with tert-alkyl or cyclic N) is 1. The van der Waals surface area contributed by atoms with Crippen molar-refractivity contribution in [2.24, 2.45) is 0 Å². The molecule has 0 saturated heterocycles. The second-order valence-corrected chi connectivity index (χ2v) is 6.51. The Kier molecular flexibility index (Phi) is 6.60. The molecule has 0 fully saturated rings. The number of hydrogen-bond acceptors (Lipinski definition) is 8. The van der Waals surface area contributed by atoms with Crippen LogP contribution in [0.3, 0.4) is 0 Å². The van der Waals surface area contributed by atoms with Crippen LogP contribution in [0.1, 0.15) is 26.7 Å². The fourth-order valence-electron chi connectivity index (χ4n) is 1.88. The quantitative estimate of drug-likeness (QED) is 0.705. The number of ether oxygens (including phenoxy) is 3. The van der Waals surface area contributed by atoms with E-state index in [9.17, 15) is 5.11 Å². The fourth-order valence-corrected chi connectivity index (χ4v) is 1.88. The van der Waals surface area contributed by atoms with E-state index in [4.69, 9.17) is 18.7 Å². The molecule has 0 aliphatic heterocycles. The van der Waals surface area contributed by atoms with Crippen molar-refractivity contribution < 1.29 is 23.8 Å². The summed E-state index contributed by atoms with van der Waals surface area (Å²) in [7, 11) is 1.46. The van der Waals surface area contributed by atoms with E-state index in [1.807, 2.05) is 32.9 Å². The topological polar surface area (TPSA) is 98.9 Å². The molecule has 0 bridgehead atoms. The summed E-state index contributed by atoms with van der Waals surface area (Å²) in [4.78, 5) is 3.98. The first-order chi connectivity index (χ1) is 11.9. The predicted molar refractivity (Wildman–Crippen MR) is 90.9 cm³/mol. The van der Waals surface area contributed by atoms with Crippen LogP contribution in [0.2, 0.25) is 0 Å². The second kappa shape index (κ2) is 8.68. The van der Waals surface area contributed by atoms with Crippen LogP contribution in [0.15, 0.2) is 28.8 Å². The Morgan fingerprint density at radius 1 is 1.20 bits per heavy atom. The molecule has 0 amide bonds. The maximum atomic E-state index is 10.0. The zero-order valence-electron chi connectivity index (χ0n) is 15.0. The van der Waals surface area contributed by atoms with Crippen molar-refractivity contribution in [3.63, 3.8) is 0 Å². The highest BCUT2D eigenvalue weighted by Gasteiger charge is 2.14. The third-order valence-electron chi connectivity index (χ3n) is 3.13. The lowest BCUT2D eigenvalue weighted by Gasteiger charge is -2.23. The minimum atomic E-state index is -0.632. The van der Waals surface area contributed by atoms with Crippen LogP contribution in [0.5, 0.6) is 17.5 Å². The molecular weight excluding hydrogens is 326 g/mol. The highest BCUT2D eigenvalue weighted by Crippen LogP contribution is 2.27. The highest BCUT2D eigenvalue weighted by molar-refractivity contribution is 5.39. The molecular formula is C17H25N3O5. The predicted octanol–water partition coefficient (Wildman–Crippen LogP) is 1.78. The van der Waals surface area contributed by atoms with E-state index in [1.54, 1.807) is 12.1 Å². The van der Waals surface area contributed by atoms with Gasteiger partial charge in [0.25, 0.3) is 5.89 Å². The molecule has 25 heavy (non-hydrogen) atoms. The first-order valence-corrected chi connectivity index (χ1v) is 8.01. The lowest BCUT2D eigenvalue weighted by Crippen LogP contribution is -2.42. The van der Waals surface area contributed by atoms with Crippen molar-refractivity contribution in [1.29, 1.82) is 0 Å². The monoisotopic (exact) mass is 351 g/mol. The van der Waals surface area contributed by atoms with Crippen LogP contribution in [-0.4, -0.2) is 47.2 Å². The molecule has 0 aliphatic rings. The maximum absolute atomic E-state index is 10.0. The summed E-state index contributed by atoms with van der Waals surface area (Å²) in [5, 5.41) is 16.9. The Labute approximate surface area is 147 Å². The zero-order valence-corrected chi connectivity index (χ0v) is 15.0. The third kappa shape index (κ3) is 6.60. The SMILES string of the molecule is COc1noc(COc2ccccc2OCC(O)CNC(C)(C)C)n1. The number of nitrogens with zero attached hydrogens (tertiary/aromatic N) is 2. The molecule has 0 radical (unpaired) electrons. The Morgan fingerprint density at radius 3 is 2.48 bits per heavy atom. The summed E-state index contributed by atoms with van der Waals surface area (Å²) in [6.07, 6.45) is -0.632. The molecule has 2 N–H and O–H groups in total. The van der Waals surface area contributed by atoms with E-state index in [0.29, 0.717) is 23.9 Å². The smallest absolute Gasteiger partial charge is 0.354 e. The summed E-state index contributed by atoms with van der Waals surface area (Å²) < 4.78 is 21.2. The van der Waals surface area contributed by atoms with Crippen molar-refractivity contribution in [2.45, 2.75) is 39.0 Å². The molecule has 1 aromatic carbocycles. The van der Waals surface area contributed by atoms with Gasteiger partial charge in [0.1, 0.15) is 12.7 Å². The summed E-state index contributed by atoms with van der Waals surface area (Å²) in [5.74, 6) is 1.35. The standard InChI is InChI=1S/C17H25N3O5/c1-17(2,3)18-9-12(21)10-23-13-7-5-6-8-14(13)24-11-15-19-16(22-4)20-25-15/h5-8,12,18,21H,9-11H2,1-4H3. The van der Waals surface area contributed by atoms with E-state index in [0.717, 1.165) is 0 Å². The van der Waals surface area contributed by atoms with Crippen molar-refractivity contribution in [2.75, 3.05) is 20.3 Å². The lowest BCUT2D eigenvalue weighted by atomic mass is 10.1. The van der Waals surface area contributed by atoms with E-state index in [-0.39, 0.29) is 24.8 Å². The molecule has 1 atom stereocenters. The number of aliphatic hydroxyl groups excluding tert-OH is 1. The minimum Gasteiger partial charge on any atom is -0.487 e. The molecule has 8 nitrogen and oxygen atoms in total. The number of aliphatic hydroxyl groups is 1. The van der Waals surface area contributed by atoms with Gasteiger partial charge in [0.05, 0.1) is 7.11 Å². The van der Waals surface area contributed by atoms with E-state index < -0.39 is 6.10 Å². The van der Waals surface area contributed by atoms with Crippen LogP contribution in [0.25, 0.3) is 0 Å². The maximum Gasteiger partial charge on any atom is 0.354 e. The van der Waals surface area contributed by atoms with Gasteiger partial charge in [0.15, 0.2) is 18.1 Å². The van der Waals surface area contributed by atoms with Crippen LogP contribution >= 0.6 is 0 Å². The molecule has 2 rings (SSSR count). The van der Waals surface area contributed by atoms with Crippen molar-refractivity contribution >= 4 is 0 Å². The van der Waals surface area contributed by atoms with Gasteiger partial charge in [0, 0.05) is 12.1 Å². The lowest BCUT2D eigenvalue weighted by molar-refractivity contribution is 0.0973. The molecule has 1 unspecified atom stereocenters. The molecule has 138 valence electrons. The van der Waals surface area contributed by atoms with Gasteiger partial charge in [-0.15, -0.1) is 0 Å². The summed E-state index contributed by atoms with van der Waals surface area (Å²) in [6, 6.07) is 7.35. The van der Waals surface area contributed by atoms with Crippen molar-refractivity contribution in [3.8, 4) is 17.5 Å². The minimum absolute atomic E-state index is 0.0624. The number of rotatable bonds is 9. The highest BCUT2D eigenvalue weighted by atomic mass is 16.6. The van der Waals surface area contributed by atoms with E-state index >= 15 is 0 Å². The first-order valence-electron chi connectivity index (χ1n) is 8.01. The Balaban J connectivity index is 1.87. The van der Waals surface area contributed by atoms with Crippen LogP contribution in [0.4, 0.5) is 0 Å². The van der Waals surface area contributed by atoms with Gasteiger partial charge in [-0.05, 0) is 38.1 Å². The van der Waals surface area contributed by atoms with E-state index in [2.05, 4.69) is 15.5 Å². The largest absolute Gasteiger partial charge is 0.487 e. The van der Waals surface area contributed by atoms with Crippen molar-refractivity contribution in [1.82, 2.24) is 15.5 Å². The molecule has 8 heteroatoms. The van der Waals surface area contributed by atoms with Crippen LogP contribution in [-0.2, 0) is 6.61 Å². The Hall–Kier alpha value is -2.32. The zero-order chi connectivity index (χ0) is 18.3. The average molecular weight is 351 g/mol. The normalized spacial score (nSPS) is 12.7. The number of hydrogen-bond donors (Lipinski definition) is 2. The molecule has 0 spiro atoms. The van der Waals surface area contributed by atoms with Crippen LogP contribution in [0, 0.1) is 0 Å². The summed E-state index contributed by atoms with van der Waals surface area (Å²) >= 11 is 0. The number of para-hydroxylation sites is 2. The van der Waals surface area contributed by atoms with Gasteiger partial charge in [-0.1, -0.05) is 12.1 Å². The summed E-state index contributed by atoms with van der Waals surface area (Å²) in [5.41, 5.74) is -0.0624. The van der Waals surface area contributed by atoms with Gasteiger partial charge in [-0.25, -0.2) is 0 Å². The Morgan fingerprint density at radius 2 is 1.88 bits per heavy atom. The summed E-state index contributed by atoms with van der Waals surface area (Å²) in [6.45, 7) is 6.79. The first kappa shape index (κ1) is 19.0. The van der Waals surface area contributed by atoms with Gasteiger partial charge in [-0.3, -0.25) is 0 Å². The Bertz CT molecular complexity index is 654. The second-order valence-electron chi connectivity index (χ2n) is 6.51. The third-order valence-corrected chi connectivity index (χ3v) is 3.13. The van der Waals surface area contributed by atoms with Gasteiger partial charge in [0.2, 0.25) is 0 Å². The number of aromatic nitrogens is 2. The van der Waals surface area contributed by atoms with E-state index in [1.165, 1.54) is 7.11 Å². The van der Waals surface area contributed by atoms with Gasteiger partial charge < -0.3 is 29.2 Å². The fraction of sp³-hybridized carbons (Fsp3) is 0.529. The molecule has 2 aromatic rings. The molecule has 0 saturated carbocycles. The number of nitrogens with one attached hydrogen (secondary N) is 1. The molecule has 1 heterocycles. The number of benzene rings is 1. The molecule has 0 aliphatic carbocycles.